The lowest BCUT2D eigenvalue weighted by Crippen LogP contribution is -2.31. The fraction of sp³-hybridized carbons (Fsp3) is 0.0769. The van der Waals surface area contributed by atoms with Gasteiger partial charge in [0.05, 0.1) is 16.1 Å². The molecule has 0 aliphatic carbocycles. The third kappa shape index (κ3) is 4.16. The quantitative estimate of drug-likeness (QED) is 0.327. The summed E-state index contributed by atoms with van der Waals surface area (Å²) < 4.78 is 0. The first kappa shape index (κ1) is 21.7. The van der Waals surface area contributed by atoms with E-state index < -0.39 is 28.4 Å². The van der Waals surface area contributed by atoms with Gasteiger partial charge in [0.25, 0.3) is 11.6 Å². The number of hydrogen-bond donors (Lipinski definition) is 1. The molecule has 0 bridgehead atoms. The van der Waals surface area contributed by atoms with Gasteiger partial charge in [0.2, 0.25) is 0 Å². The summed E-state index contributed by atoms with van der Waals surface area (Å²) in [4.78, 5) is 38.7. The summed E-state index contributed by atoms with van der Waals surface area (Å²) in [7, 11) is 0. The van der Waals surface area contributed by atoms with Crippen LogP contribution in [0.25, 0.3) is 6.08 Å². The van der Waals surface area contributed by atoms with Gasteiger partial charge < -0.3 is 5.11 Å². The van der Waals surface area contributed by atoms with Crippen molar-refractivity contribution in [2.24, 2.45) is 0 Å². The van der Waals surface area contributed by atoms with Gasteiger partial charge in [0.1, 0.15) is 6.04 Å². The van der Waals surface area contributed by atoms with Crippen LogP contribution in [0.1, 0.15) is 22.7 Å². The van der Waals surface area contributed by atoms with Gasteiger partial charge >= 0.3 is 0 Å². The van der Waals surface area contributed by atoms with Crippen molar-refractivity contribution in [2.75, 3.05) is 4.90 Å². The molecule has 33 heavy (non-hydrogen) atoms. The number of amides is 1. The van der Waals surface area contributed by atoms with E-state index in [9.17, 15) is 24.8 Å². The van der Waals surface area contributed by atoms with Crippen LogP contribution in [0.3, 0.4) is 0 Å². The molecule has 3 aromatic rings. The topological polar surface area (TPSA) is 101 Å². The lowest BCUT2D eigenvalue weighted by molar-refractivity contribution is -0.385. The molecule has 0 fully saturated rings. The number of nitrogens with zero attached hydrogens (tertiary/aromatic N) is 2. The van der Waals surface area contributed by atoms with Gasteiger partial charge in [-0.3, -0.25) is 24.6 Å². The Morgan fingerprint density at radius 2 is 1.64 bits per heavy atom. The predicted molar refractivity (Wildman–Crippen MR) is 125 cm³/mol. The number of rotatable bonds is 6. The SMILES string of the molecule is Cc1ccc(N2C(=O)C(O)=C(C(=O)/C=C/c3ccccc3)C2c2ccccc2[N+](=O)[O-])cc1. The van der Waals surface area contributed by atoms with Crippen LogP contribution in [0.5, 0.6) is 0 Å². The molecule has 164 valence electrons. The van der Waals surface area contributed by atoms with E-state index in [0.29, 0.717) is 5.69 Å². The number of carbonyl (C=O) groups excluding carboxylic acids is 2. The van der Waals surface area contributed by atoms with E-state index in [0.717, 1.165) is 11.1 Å². The number of aryl methyl sites for hydroxylation is 1. The van der Waals surface area contributed by atoms with Crippen LogP contribution in [0, 0.1) is 17.0 Å². The number of aliphatic hydroxyl groups is 1. The van der Waals surface area contributed by atoms with Gasteiger partial charge in [0.15, 0.2) is 11.5 Å². The van der Waals surface area contributed by atoms with Gasteiger partial charge in [-0.15, -0.1) is 0 Å². The molecule has 1 amide bonds. The van der Waals surface area contributed by atoms with Crippen LogP contribution in [-0.2, 0) is 9.59 Å². The molecule has 0 spiro atoms. The minimum Gasteiger partial charge on any atom is -0.503 e. The normalized spacial score (nSPS) is 16.0. The summed E-state index contributed by atoms with van der Waals surface area (Å²) in [5.74, 6) is -2.12. The molecule has 0 aromatic heterocycles. The van der Waals surface area contributed by atoms with Gasteiger partial charge in [0, 0.05) is 11.8 Å². The number of nitro groups is 1. The molecule has 0 radical (unpaired) electrons. The maximum atomic E-state index is 13.2. The van der Waals surface area contributed by atoms with Crippen molar-refractivity contribution < 1.29 is 19.6 Å². The van der Waals surface area contributed by atoms with Gasteiger partial charge in [-0.05, 0) is 36.8 Å². The molecular weight excluding hydrogens is 420 g/mol. The Hall–Kier alpha value is -4.52. The molecule has 7 heteroatoms. The second kappa shape index (κ2) is 8.92. The van der Waals surface area contributed by atoms with E-state index in [2.05, 4.69) is 0 Å². The smallest absolute Gasteiger partial charge is 0.294 e. The number of ketones is 1. The van der Waals surface area contributed by atoms with Gasteiger partial charge in [-0.2, -0.15) is 0 Å². The van der Waals surface area contributed by atoms with Crippen LogP contribution >= 0.6 is 0 Å². The third-order valence-electron chi connectivity index (χ3n) is 5.44. The first-order valence-corrected chi connectivity index (χ1v) is 10.2. The Morgan fingerprint density at radius 3 is 2.30 bits per heavy atom. The summed E-state index contributed by atoms with van der Waals surface area (Å²) >= 11 is 0. The lowest BCUT2D eigenvalue weighted by atomic mass is 9.94. The zero-order chi connectivity index (χ0) is 23.5. The number of hydrogen-bond acceptors (Lipinski definition) is 5. The first-order valence-electron chi connectivity index (χ1n) is 10.2. The summed E-state index contributed by atoms with van der Waals surface area (Å²) in [6.07, 6.45) is 2.83. The maximum absolute atomic E-state index is 13.2. The van der Waals surface area contributed by atoms with E-state index in [1.807, 2.05) is 25.1 Å². The van der Waals surface area contributed by atoms with E-state index in [-0.39, 0.29) is 16.8 Å². The second-order valence-electron chi connectivity index (χ2n) is 7.60. The van der Waals surface area contributed by atoms with Crippen LogP contribution < -0.4 is 4.90 Å². The van der Waals surface area contributed by atoms with Crippen molar-refractivity contribution in [3.8, 4) is 0 Å². The second-order valence-corrected chi connectivity index (χ2v) is 7.60. The molecule has 4 rings (SSSR count). The summed E-state index contributed by atoms with van der Waals surface area (Å²) in [6, 6.07) is 20.7. The van der Waals surface area contributed by atoms with Crippen molar-refractivity contribution in [3.63, 3.8) is 0 Å². The third-order valence-corrected chi connectivity index (χ3v) is 5.44. The fourth-order valence-corrected chi connectivity index (χ4v) is 3.83. The molecule has 1 aliphatic rings. The zero-order valence-electron chi connectivity index (χ0n) is 17.7. The molecule has 0 saturated carbocycles. The highest BCUT2D eigenvalue weighted by molar-refractivity contribution is 6.20. The van der Waals surface area contributed by atoms with Crippen molar-refractivity contribution >= 4 is 29.1 Å². The Morgan fingerprint density at radius 1 is 1.00 bits per heavy atom. The number of allylic oxidation sites excluding steroid dienone is 1. The van der Waals surface area contributed by atoms with E-state index in [1.54, 1.807) is 48.5 Å². The average Bonchev–Trinajstić information content (AvgIpc) is 3.09. The number of aliphatic hydroxyl groups excluding tert-OH is 1. The van der Waals surface area contributed by atoms with E-state index >= 15 is 0 Å². The number of nitro benzene ring substituents is 1. The molecule has 0 saturated heterocycles. The lowest BCUT2D eigenvalue weighted by Gasteiger charge is -2.26. The molecule has 1 aliphatic heterocycles. The predicted octanol–water partition coefficient (Wildman–Crippen LogP) is 5.09. The Labute approximate surface area is 190 Å². The Bertz CT molecular complexity index is 1290. The number of anilines is 1. The summed E-state index contributed by atoms with van der Waals surface area (Å²) in [5, 5.41) is 22.5. The highest BCUT2D eigenvalue weighted by Crippen LogP contribution is 2.43. The van der Waals surface area contributed by atoms with Crippen LogP contribution in [0.2, 0.25) is 0 Å². The van der Waals surface area contributed by atoms with Crippen molar-refractivity contribution in [3.05, 3.63) is 123 Å². The largest absolute Gasteiger partial charge is 0.503 e. The molecule has 3 aromatic carbocycles. The Balaban J connectivity index is 1.85. The Kier molecular flexibility index (Phi) is 5.87. The van der Waals surface area contributed by atoms with Gasteiger partial charge in [-0.1, -0.05) is 66.2 Å². The molecule has 1 heterocycles. The standard InChI is InChI=1S/C26H20N2O5/c1-17-11-14-19(15-12-17)27-24(20-9-5-6-10-21(20)28(32)33)23(25(30)26(27)31)22(29)16-13-18-7-3-2-4-8-18/h2-16,24,30H,1H3/b16-13+. The minimum absolute atomic E-state index is 0.136. The molecule has 1 atom stereocenters. The van der Waals surface area contributed by atoms with Crippen molar-refractivity contribution in [1.29, 1.82) is 0 Å². The average molecular weight is 440 g/mol. The number of carbonyl (C=O) groups is 2. The summed E-state index contributed by atoms with van der Waals surface area (Å²) in [6.45, 7) is 1.88. The monoisotopic (exact) mass is 440 g/mol. The molecular formula is C26H20N2O5. The van der Waals surface area contributed by atoms with E-state index in [1.165, 1.54) is 29.2 Å². The van der Waals surface area contributed by atoms with Crippen LogP contribution in [0.15, 0.2) is 96.3 Å². The molecule has 1 unspecified atom stereocenters. The van der Waals surface area contributed by atoms with Crippen molar-refractivity contribution in [2.45, 2.75) is 13.0 Å². The molecule has 1 N–H and O–H groups in total. The van der Waals surface area contributed by atoms with Crippen molar-refractivity contribution in [1.82, 2.24) is 0 Å². The van der Waals surface area contributed by atoms with Crippen LogP contribution in [-0.4, -0.2) is 21.7 Å². The first-order chi connectivity index (χ1) is 15.9. The maximum Gasteiger partial charge on any atom is 0.294 e. The zero-order valence-corrected chi connectivity index (χ0v) is 17.7. The number of benzene rings is 3. The highest BCUT2D eigenvalue weighted by Gasteiger charge is 2.46. The molecule has 7 nitrogen and oxygen atoms in total. The minimum atomic E-state index is -1.16. The number of para-hydroxylation sites is 1. The van der Waals surface area contributed by atoms with Gasteiger partial charge in [-0.25, -0.2) is 0 Å². The van der Waals surface area contributed by atoms with Crippen LogP contribution in [0.4, 0.5) is 11.4 Å². The summed E-state index contributed by atoms with van der Waals surface area (Å²) in [5.41, 5.74) is 1.80. The van der Waals surface area contributed by atoms with E-state index in [4.69, 9.17) is 0 Å². The highest BCUT2D eigenvalue weighted by atomic mass is 16.6. The fourth-order valence-electron chi connectivity index (χ4n) is 3.83.